The van der Waals surface area contributed by atoms with E-state index in [-0.39, 0.29) is 6.61 Å². The lowest BCUT2D eigenvalue weighted by Crippen LogP contribution is -2.06. The van der Waals surface area contributed by atoms with Crippen LogP contribution in [0, 0.1) is 10.8 Å². The summed E-state index contributed by atoms with van der Waals surface area (Å²) in [5.74, 6) is 0. The molecule has 0 saturated heterocycles. The highest BCUT2D eigenvalue weighted by Gasteiger charge is 1.84. The van der Waals surface area contributed by atoms with Gasteiger partial charge in [-0.2, -0.15) is 0 Å². The molecule has 88 valence electrons. The largest absolute Gasteiger partial charge is 0.394 e. The molecule has 0 aliphatic carbocycles. The molecule has 0 aromatic carbocycles. The minimum Gasteiger partial charge on any atom is -0.394 e. The van der Waals surface area contributed by atoms with Crippen LogP contribution in [0.2, 0.25) is 0 Å². The minimum atomic E-state index is 0.0894. The highest BCUT2D eigenvalue weighted by Crippen LogP contribution is 1.76. The van der Waals surface area contributed by atoms with Gasteiger partial charge in [-0.15, -0.1) is 0 Å². The number of aliphatic hydroxyl groups excluding tert-OH is 1. The Labute approximate surface area is 88.0 Å². The van der Waals surface area contributed by atoms with E-state index in [0.29, 0.717) is 19.8 Å². The fourth-order valence-electron chi connectivity index (χ4n) is 0.429. The van der Waals surface area contributed by atoms with E-state index < -0.39 is 0 Å². The molecule has 0 aromatic heterocycles. The maximum Gasteiger partial charge on any atom is 0.231 e. The van der Waals surface area contributed by atoms with E-state index in [0.717, 1.165) is 18.8 Å². The molecule has 0 heterocycles. The smallest absolute Gasteiger partial charge is 0.231 e. The highest BCUT2D eigenvalue weighted by atomic mass is 16.5. The number of nitrogens with one attached hydrogen (secondary N) is 2. The van der Waals surface area contributed by atoms with Crippen LogP contribution in [0.15, 0.2) is 0 Å². The summed E-state index contributed by atoms with van der Waals surface area (Å²) in [5, 5.41) is 19.1. The molecule has 0 aromatic rings. The van der Waals surface area contributed by atoms with E-state index in [1.165, 1.54) is 0 Å². The molecule has 0 fully saturated rings. The Balaban J connectivity index is -0.000000200. The number of aliphatic hydroxyl groups is 1. The number of isocyanates is 2. The van der Waals surface area contributed by atoms with E-state index in [1.54, 1.807) is 0 Å². The number of carbonyl (C=O) groups excluding carboxylic acids is 2. The molecule has 0 bridgehead atoms. The van der Waals surface area contributed by atoms with Gasteiger partial charge in [0.25, 0.3) is 0 Å². The maximum absolute atomic E-state index is 8.35. The van der Waals surface area contributed by atoms with E-state index in [2.05, 4.69) is 0 Å². The lowest BCUT2D eigenvalue weighted by Gasteiger charge is -2.00. The average molecular weight is 220 g/mol. The number of hydrogen-bond donors (Lipinski definition) is 3. The molecule has 0 unspecified atom stereocenters. The van der Waals surface area contributed by atoms with Gasteiger partial charge in [-0.05, 0) is 6.92 Å². The van der Waals surface area contributed by atoms with Crippen molar-refractivity contribution in [2.24, 2.45) is 0 Å². The van der Waals surface area contributed by atoms with Crippen molar-refractivity contribution in [2.45, 2.75) is 6.92 Å². The van der Waals surface area contributed by atoms with Crippen LogP contribution in [0.5, 0.6) is 0 Å². The first-order chi connectivity index (χ1) is 7.24. The third kappa shape index (κ3) is 66.5. The van der Waals surface area contributed by atoms with Crippen molar-refractivity contribution in [3.05, 3.63) is 0 Å². The number of hydrogen-bond acceptors (Lipinski definition) is 7. The van der Waals surface area contributed by atoms with E-state index >= 15 is 0 Å². The molecule has 0 aliphatic heterocycles. The summed E-state index contributed by atoms with van der Waals surface area (Å²) in [6, 6.07) is 0. The molecule has 3 N–H and O–H groups in total. The molecule has 0 atom stereocenters. The van der Waals surface area contributed by atoms with Gasteiger partial charge in [0.15, 0.2) is 0 Å². The van der Waals surface area contributed by atoms with Gasteiger partial charge in [0, 0.05) is 6.61 Å². The second kappa shape index (κ2) is 29.3. The number of ether oxygens (including phenoxy) is 2. The normalized spacial score (nSPS) is 7.07. The maximum atomic E-state index is 8.35. The van der Waals surface area contributed by atoms with Gasteiger partial charge >= 0.3 is 0 Å². The first-order valence-electron chi connectivity index (χ1n) is 4.09. The van der Waals surface area contributed by atoms with Crippen LogP contribution in [0.4, 0.5) is 0 Å². The zero-order valence-electron chi connectivity index (χ0n) is 8.62. The van der Waals surface area contributed by atoms with Crippen molar-refractivity contribution >= 4 is 12.2 Å². The van der Waals surface area contributed by atoms with Crippen molar-refractivity contribution in [2.75, 3.05) is 33.0 Å². The first kappa shape index (κ1) is 19.2. The highest BCUT2D eigenvalue weighted by molar-refractivity contribution is 5.26. The predicted molar refractivity (Wildman–Crippen MR) is 51.2 cm³/mol. The Hall–Kier alpha value is -1.36. The Morgan fingerprint density at radius 2 is 1.47 bits per heavy atom. The molecular formula is C8H16N2O5. The van der Waals surface area contributed by atoms with Gasteiger partial charge in [0.2, 0.25) is 12.2 Å². The Bertz CT molecular complexity index is 144. The molecule has 0 amide bonds. The topological polar surface area (TPSA) is 121 Å². The van der Waals surface area contributed by atoms with Crippen molar-refractivity contribution in [1.29, 1.82) is 10.8 Å². The number of rotatable bonds is 6. The lowest BCUT2D eigenvalue weighted by atomic mass is 10.7. The van der Waals surface area contributed by atoms with Gasteiger partial charge in [-0.1, -0.05) is 0 Å². The van der Waals surface area contributed by atoms with Crippen LogP contribution in [0.25, 0.3) is 0 Å². The molecular weight excluding hydrogens is 204 g/mol. The fourth-order valence-corrected chi connectivity index (χ4v) is 0.429. The Morgan fingerprint density at radius 3 is 1.80 bits per heavy atom. The first-order valence-corrected chi connectivity index (χ1v) is 4.09. The molecule has 0 spiro atoms. The summed E-state index contributed by atoms with van der Waals surface area (Å²) in [6.45, 7) is 4.36. The van der Waals surface area contributed by atoms with Crippen LogP contribution < -0.4 is 0 Å². The van der Waals surface area contributed by atoms with Gasteiger partial charge < -0.3 is 14.6 Å². The standard InChI is InChI=1S/C6H14O3.2CHNO/c1-2-8-5-6-9-4-3-7;2*2-1-3/h7H,2-6H2,1H3;2*2H. The lowest BCUT2D eigenvalue weighted by molar-refractivity contribution is 0.0370. The molecule has 7 nitrogen and oxygen atoms in total. The van der Waals surface area contributed by atoms with Crippen LogP contribution in [-0.4, -0.2) is 50.3 Å². The van der Waals surface area contributed by atoms with Gasteiger partial charge in [-0.25, -0.2) is 20.4 Å². The molecule has 0 aliphatic rings. The van der Waals surface area contributed by atoms with E-state index in [9.17, 15) is 0 Å². The van der Waals surface area contributed by atoms with E-state index in [1.807, 2.05) is 6.92 Å². The van der Waals surface area contributed by atoms with Crippen LogP contribution in [-0.2, 0) is 19.1 Å². The van der Waals surface area contributed by atoms with Crippen molar-refractivity contribution in [3.63, 3.8) is 0 Å². The quantitative estimate of drug-likeness (QED) is 0.326. The van der Waals surface area contributed by atoms with Gasteiger partial charge in [0.05, 0.1) is 26.4 Å². The molecule has 7 heteroatoms. The van der Waals surface area contributed by atoms with Crippen molar-refractivity contribution in [1.82, 2.24) is 0 Å². The van der Waals surface area contributed by atoms with E-state index in [4.69, 9.17) is 35.0 Å². The van der Waals surface area contributed by atoms with Gasteiger partial charge in [-0.3, -0.25) is 0 Å². The summed E-state index contributed by atoms with van der Waals surface area (Å²) in [7, 11) is 0. The third-order valence-corrected chi connectivity index (χ3v) is 0.812. The molecule has 0 saturated carbocycles. The minimum absolute atomic E-state index is 0.0894. The van der Waals surface area contributed by atoms with Crippen LogP contribution >= 0.6 is 0 Å². The summed E-state index contributed by atoms with van der Waals surface area (Å²) in [5.41, 5.74) is 0. The SMILES string of the molecule is CCOCCOCCO.N=C=O.N=C=O. The van der Waals surface area contributed by atoms with Gasteiger partial charge in [0.1, 0.15) is 0 Å². The molecule has 15 heavy (non-hydrogen) atoms. The monoisotopic (exact) mass is 220 g/mol. The van der Waals surface area contributed by atoms with Crippen molar-refractivity contribution in [3.8, 4) is 0 Å². The van der Waals surface area contributed by atoms with Crippen LogP contribution in [0.1, 0.15) is 6.92 Å². The van der Waals surface area contributed by atoms with Crippen LogP contribution in [0.3, 0.4) is 0 Å². The summed E-state index contributed by atoms with van der Waals surface area (Å²) < 4.78 is 9.88. The average Bonchev–Trinajstić information content (AvgIpc) is 2.20. The third-order valence-electron chi connectivity index (χ3n) is 0.812. The van der Waals surface area contributed by atoms with Crippen molar-refractivity contribution < 1.29 is 24.2 Å². The predicted octanol–water partition coefficient (Wildman–Crippen LogP) is -0.166. The zero-order valence-corrected chi connectivity index (χ0v) is 8.62. The fraction of sp³-hybridized carbons (Fsp3) is 0.750. The Morgan fingerprint density at radius 1 is 1.07 bits per heavy atom. The second-order valence-electron chi connectivity index (χ2n) is 1.74. The zero-order chi connectivity index (χ0) is 12.4. The summed E-state index contributed by atoms with van der Waals surface area (Å²) >= 11 is 0. The summed E-state index contributed by atoms with van der Waals surface area (Å²) in [6.07, 6.45) is 1.50. The molecule has 0 rings (SSSR count). The Kier molecular flexibility index (Phi) is 37.7. The molecule has 0 radical (unpaired) electrons. The summed E-state index contributed by atoms with van der Waals surface area (Å²) in [4.78, 5) is 16.7. The second-order valence-corrected chi connectivity index (χ2v) is 1.74.